The Morgan fingerprint density at radius 3 is 2.38 bits per heavy atom. The lowest BCUT2D eigenvalue weighted by molar-refractivity contribution is -0.160. The summed E-state index contributed by atoms with van der Waals surface area (Å²) in [5.41, 5.74) is -6.85. The maximum Gasteiger partial charge on any atom is 0.420 e. The average Bonchev–Trinajstić information content (AvgIpc) is 2.99. The Morgan fingerprint density at radius 2 is 1.88 bits per heavy atom. The van der Waals surface area contributed by atoms with Crippen molar-refractivity contribution in [2.45, 2.75) is 63.0 Å². The van der Waals surface area contributed by atoms with Crippen molar-refractivity contribution in [1.29, 1.82) is 0 Å². The fourth-order valence-corrected chi connectivity index (χ4v) is 4.36. The topological polar surface area (TPSA) is 59.8 Å². The summed E-state index contributed by atoms with van der Waals surface area (Å²) >= 11 is 1.26. The van der Waals surface area contributed by atoms with Gasteiger partial charge in [-0.05, 0) is 37.7 Å². The van der Waals surface area contributed by atoms with E-state index in [1.807, 2.05) is 0 Å². The molecule has 1 aliphatic rings. The molecule has 1 amide bonds. The number of pyridine rings is 1. The number of carbonyl (C=O) groups excluding carboxylic acids is 1. The first kappa shape index (κ1) is 24.4. The van der Waals surface area contributed by atoms with Crippen LogP contribution >= 0.6 is 11.8 Å². The molecule has 0 aliphatic heterocycles. The number of hydrogen-bond acceptors (Lipinski definition) is 4. The van der Waals surface area contributed by atoms with Crippen molar-refractivity contribution in [1.82, 2.24) is 14.8 Å². The zero-order valence-electron chi connectivity index (χ0n) is 17.8. The lowest BCUT2D eigenvalue weighted by Gasteiger charge is -2.44. The number of aromatic nitrogens is 3. The standard InChI is InChI=1S/C20H22F6N4OS/c1-17(2,21)15-13(20(24,25)26)14(16(31)28-11-5-6-27-12(7-11)32-4)30(29-15)10-18(3)8-19(22,23)9-18/h5-7H,8-10H2,1-4H3,(H,27,28,31). The molecule has 0 bridgehead atoms. The minimum absolute atomic E-state index is 0.178. The van der Waals surface area contributed by atoms with Crippen molar-refractivity contribution in [2.24, 2.45) is 5.41 Å². The lowest BCUT2D eigenvalue weighted by Crippen LogP contribution is -2.47. The summed E-state index contributed by atoms with van der Waals surface area (Å²) in [5, 5.41) is 6.64. The highest BCUT2D eigenvalue weighted by Gasteiger charge is 2.55. The number of anilines is 1. The molecular weight excluding hydrogens is 458 g/mol. The third-order valence-corrected chi connectivity index (χ3v) is 5.76. The summed E-state index contributed by atoms with van der Waals surface area (Å²) in [6, 6.07) is 2.85. The maximum atomic E-state index is 14.7. The number of amides is 1. The van der Waals surface area contributed by atoms with Gasteiger partial charge in [-0.25, -0.2) is 18.2 Å². The number of halogens is 6. The van der Waals surface area contributed by atoms with Crippen molar-refractivity contribution in [2.75, 3.05) is 11.6 Å². The van der Waals surface area contributed by atoms with E-state index in [1.54, 1.807) is 6.26 Å². The molecule has 2 aromatic heterocycles. The number of nitrogens with zero attached hydrogens (tertiary/aromatic N) is 3. The normalized spacial score (nSPS) is 17.7. The number of carbonyl (C=O) groups is 1. The summed E-state index contributed by atoms with van der Waals surface area (Å²) < 4.78 is 84.3. The summed E-state index contributed by atoms with van der Waals surface area (Å²) in [6.07, 6.45) is -3.14. The van der Waals surface area contributed by atoms with E-state index in [9.17, 15) is 31.1 Å². The van der Waals surface area contributed by atoms with E-state index in [0.29, 0.717) is 9.71 Å². The maximum absolute atomic E-state index is 14.7. The molecule has 0 saturated heterocycles. The van der Waals surface area contributed by atoms with Gasteiger partial charge >= 0.3 is 6.18 Å². The molecule has 0 radical (unpaired) electrons. The molecule has 1 aliphatic carbocycles. The molecule has 12 heteroatoms. The van der Waals surface area contributed by atoms with E-state index in [1.165, 1.54) is 37.0 Å². The molecule has 176 valence electrons. The predicted molar refractivity (Wildman–Crippen MR) is 108 cm³/mol. The minimum atomic E-state index is -5.10. The third-order valence-electron chi connectivity index (χ3n) is 5.12. The number of thioether (sulfide) groups is 1. The number of rotatable bonds is 6. The van der Waals surface area contributed by atoms with E-state index < -0.39 is 65.4 Å². The Morgan fingerprint density at radius 1 is 1.25 bits per heavy atom. The van der Waals surface area contributed by atoms with Gasteiger partial charge in [-0.3, -0.25) is 9.48 Å². The molecule has 32 heavy (non-hydrogen) atoms. The highest BCUT2D eigenvalue weighted by molar-refractivity contribution is 7.98. The van der Waals surface area contributed by atoms with E-state index in [-0.39, 0.29) is 5.69 Å². The Labute approximate surface area is 185 Å². The largest absolute Gasteiger partial charge is 0.420 e. The summed E-state index contributed by atoms with van der Waals surface area (Å²) in [4.78, 5) is 17.0. The molecule has 1 saturated carbocycles. The van der Waals surface area contributed by atoms with Crippen LogP contribution in [-0.4, -0.2) is 32.8 Å². The van der Waals surface area contributed by atoms with Gasteiger partial charge < -0.3 is 5.32 Å². The minimum Gasteiger partial charge on any atom is -0.321 e. The van der Waals surface area contributed by atoms with Crippen molar-refractivity contribution in [3.8, 4) is 0 Å². The highest BCUT2D eigenvalue weighted by Crippen LogP contribution is 2.53. The lowest BCUT2D eigenvalue weighted by atomic mass is 9.67. The smallest absolute Gasteiger partial charge is 0.321 e. The molecule has 2 aromatic rings. The van der Waals surface area contributed by atoms with Crippen LogP contribution in [0.5, 0.6) is 0 Å². The van der Waals surface area contributed by atoms with E-state index in [4.69, 9.17) is 0 Å². The van der Waals surface area contributed by atoms with Crippen LogP contribution in [0.3, 0.4) is 0 Å². The van der Waals surface area contributed by atoms with Crippen LogP contribution in [0.15, 0.2) is 23.4 Å². The molecular formula is C20H22F6N4OS. The Bertz CT molecular complexity index is 1020. The van der Waals surface area contributed by atoms with Crippen molar-refractivity contribution >= 4 is 23.4 Å². The molecule has 0 aromatic carbocycles. The van der Waals surface area contributed by atoms with Crippen molar-refractivity contribution in [3.05, 3.63) is 35.3 Å². The van der Waals surface area contributed by atoms with Crippen molar-refractivity contribution < 1.29 is 31.1 Å². The van der Waals surface area contributed by atoms with Gasteiger partial charge in [0, 0.05) is 31.3 Å². The number of alkyl halides is 6. The van der Waals surface area contributed by atoms with Crippen LogP contribution in [0.4, 0.5) is 32.0 Å². The van der Waals surface area contributed by atoms with Gasteiger partial charge in [-0.15, -0.1) is 11.8 Å². The molecule has 0 atom stereocenters. The molecule has 2 heterocycles. The first-order valence-electron chi connectivity index (χ1n) is 9.61. The summed E-state index contributed by atoms with van der Waals surface area (Å²) in [7, 11) is 0. The average molecular weight is 480 g/mol. The van der Waals surface area contributed by atoms with Crippen LogP contribution in [0.25, 0.3) is 0 Å². The summed E-state index contributed by atoms with van der Waals surface area (Å²) in [5.74, 6) is -4.11. The molecule has 0 unspecified atom stereocenters. The first-order chi connectivity index (χ1) is 14.5. The van der Waals surface area contributed by atoms with Gasteiger partial charge in [0.1, 0.15) is 22.6 Å². The Balaban J connectivity index is 2.10. The van der Waals surface area contributed by atoms with Crippen LogP contribution in [0.1, 0.15) is 55.4 Å². The van der Waals surface area contributed by atoms with Gasteiger partial charge in [0.15, 0.2) is 0 Å². The SMILES string of the molecule is CSc1cc(NC(=O)c2c(C(F)(F)F)c(C(C)(C)F)nn2CC2(C)CC(F)(F)C2)ccn1. The second-order valence-electron chi connectivity index (χ2n) is 8.76. The quantitative estimate of drug-likeness (QED) is 0.413. The fourth-order valence-electron chi connectivity index (χ4n) is 3.95. The molecule has 3 rings (SSSR count). The molecule has 1 N–H and O–H groups in total. The Hall–Kier alpha value is -2.24. The summed E-state index contributed by atoms with van der Waals surface area (Å²) in [6.45, 7) is 2.86. The van der Waals surface area contributed by atoms with Gasteiger partial charge in [-0.2, -0.15) is 18.3 Å². The monoisotopic (exact) mass is 480 g/mol. The fraction of sp³-hybridized carbons (Fsp3) is 0.550. The molecule has 5 nitrogen and oxygen atoms in total. The van der Waals surface area contributed by atoms with E-state index in [0.717, 1.165) is 13.8 Å². The van der Waals surface area contributed by atoms with Gasteiger partial charge in [0.05, 0.1) is 5.03 Å². The Kier molecular flexibility index (Phi) is 6.07. The predicted octanol–water partition coefficient (Wildman–Crippen LogP) is 5.91. The van der Waals surface area contributed by atoms with Crippen LogP contribution in [-0.2, 0) is 18.4 Å². The zero-order valence-corrected chi connectivity index (χ0v) is 18.6. The second-order valence-corrected chi connectivity index (χ2v) is 9.59. The number of hydrogen-bond donors (Lipinski definition) is 1. The van der Waals surface area contributed by atoms with Crippen LogP contribution < -0.4 is 5.32 Å². The molecule has 0 spiro atoms. The van der Waals surface area contributed by atoms with E-state index in [2.05, 4.69) is 15.4 Å². The highest BCUT2D eigenvalue weighted by atomic mass is 32.2. The van der Waals surface area contributed by atoms with Crippen LogP contribution in [0, 0.1) is 5.41 Å². The molecule has 1 fully saturated rings. The van der Waals surface area contributed by atoms with Gasteiger partial charge in [0.25, 0.3) is 5.91 Å². The zero-order chi connectivity index (χ0) is 24.1. The van der Waals surface area contributed by atoms with E-state index >= 15 is 0 Å². The third kappa shape index (κ3) is 5.05. The number of nitrogens with one attached hydrogen (secondary N) is 1. The van der Waals surface area contributed by atoms with Crippen LogP contribution in [0.2, 0.25) is 0 Å². The van der Waals surface area contributed by atoms with Crippen molar-refractivity contribution in [3.63, 3.8) is 0 Å². The first-order valence-corrected chi connectivity index (χ1v) is 10.8. The van der Waals surface area contributed by atoms with Gasteiger partial charge in [0.2, 0.25) is 5.92 Å². The second kappa shape index (κ2) is 7.96. The van der Waals surface area contributed by atoms with Gasteiger partial charge in [-0.1, -0.05) is 6.92 Å².